The maximum atomic E-state index is 12.6. The molecule has 0 bridgehead atoms. The van der Waals surface area contributed by atoms with Gasteiger partial charge in [0.05, 0.1) is 6.67 Å². The minimum atomic E-state index is 0.0502. The van der Waals surface area contributed by atoms with Crippen LogP contribution in [-0.2, 0) is 19.6 Å². The van der Waals surface area contributed by atoms with Gasteiger partial charge in [-0.2, -0.15) is 9.78 Å². The molecule has 7 heteroatoms. The number of aromatic nitrogens is 3. The smallest absolute Gasteiger partial charge is 0.347 e. The number of nitrogens with zero attached hydrogens (tertiary/aromatic N) is 5. The van der Waals surface area contributed by atoms with Crippen molar-refractivity contribution in [1.82, 2.24) is 19.2 Å². The summed E-state index contributed by atoms with van der Waals surface area (Å²) in [4.78, 5) is 17.2. The van der Waals surface area contributed by atoms with Gasteiger partial charge in [0.25, 0.3) is 0 Å². The molecule has 0 amide bonds. The van der Waals surface area contributed by atoms with E-state index in [4.69, 9.17) is 11.6 Å². The van der Waals surface area contributed by atoms with E-state index >= 15 is 0 Å². The zero-order valence-electron chi connectivity index (χ0n) is 14.4. The van der Waals surface area contributed by atoms with E-state index < -0.39 is 0 Å². The third-order valence-corrected chi connectivity index (χ3v) is 5.40. The van der Waals surface area contributed by atoms with Gasteiger partial charge in [-0.05, 0) is 31.0 Å². The summed E-state index contributed by atoms with van der Waals surface area (Å²) in [6, 6.07) is 7.99. The molecule has 1 saturated heterocycles. The quantitative estimate of drug-likeness (QED) is 0.840. The molecule has 4 rings (SSSR count). The van der Waals surface area contributed by atoms with E-state index in [1.165, 1.54) is 6.42 Å². The van der Waals surface area contributed by atoms with E-state index in [1.807, 2.05) is 22.8 Å². The molecule has 0 spiro atoms. The van der Waals surface area contributed by atoms with E-state index in [2.05, 4.69) is 21.0 Å². The third kappa shape index (κ3) is 3.60. The Hall–Kier alpha value is -1.79. The van der Waals surface area contributed by atoms with E-state index in [0.717, 1.165) is 68.5 Å². The van der Waals surface area contributed by atoms with Gasteiger partial charge in [0.2, 0.25) is 0 Å². The fourth-order valence-corrected chi connectivity index (χ4v) is 3.91. The highest BCUT2D eigenvalue weighted by Gasteiger charge is 2.21. The molecular formula is C18H24ClN5O. The second-order valence-corrected chi connectivity index (χ2v) is 7.32. The first kappa shape index (κ1) is 16.7. The van der Waals surface area contributed by atoms with Crippen LogP contribution in [0.4, 0.5) is 5.69 Å². The molecule has 6 nitrogen and oxygen atoms in total. The Balaban J connectivity index is 1.40. The van der Waals surface area contributed by atoms with Crippen LogP contribution < -0.4 is 10.6 Å². The molecule has 0 atom stereocenters. The second kappa shape index (κ2) is 7.22. The Kier molecular flexibility index (Phi) is 4.81. The molecule has 0 aliphatic carbocycles. The lowest BCUT2D eigenvalue weighted by Crippen LogP contribution is -2.48. The molecule has 3 heterocycles. The highest BCUT2D eigenvalue weighted by molar-refractivity contribution is 6.30. The lowest BCUT2D eigenvalue weighted by atomic mass is 10.2. The van der Waals surface area contributed by atoms with Gasteiger partial charge in [-0.1, -0.05) is 24.1 Å². The summed E-state index contributed by atoms with van der Waals surface area (Å²) < 4.78 is 3.52. The molecule has 0 unspecified atom stereocenters. The number of piperazine rings is 1. The average molecular weight is 362 g/mol. The minimum absolute atomic E-state index is 0.0502. The molecule has 134 valence electrons. The molecular weight excluding hydrogens is 338 g/mol. The summed E-state index contributed by atoms with van der Waals surface area (Å²) in [5, 5.41) is 5.36. The Morgan fingerprint density at radius 3 is 2.68 bits per heavy atom. The van der Waals surface area contributed by atoms with Crippen LogP contribution in [0, 0.1) is 0 Å². The average Bonchev–Trinajstić information content (AvgIpc) is 2.79. The number of hydrogen-bond acceptors (Lipinski definition) is 4. The number of aryl methyl sites for hydroxylation is 1. The standard InChI is InChI=1S/C18H24ClN5O/c19-15-5-4-6-16(13-15)22-11-9-21(10-12-22)14-24-18(25)23-8-3-1-2-7-17(23)20-24/h4-6,13H,1-3,7-12,14H2. The normalized spacial score (nSPS) is 18.8. The third-order valence-electron chi connectivity index (χ3n) is 5.16. The van der Waals surface area contributed by atoms with E-state index in [1.54, 1.807) is 4.68 Å². The summed E-state index contributed by atoms with van der Waals surface area (Å²) in [7, 11) is 0. The first-order valence-corrected chi connectivity index (χ1v) is 9.48. The van der Waals surface area contributed by atoms with Crippen LogP contribution in [0.25, 0.3) is 0 Å². The van der Waals surface area contributed by atoms with Crippen molar-refractivity contribution < 1.29 is 0 Å². The Morgan fingerprint density at radius 2 is 1.88 bits per heavy atom. The molecule has 0 radical (unpaired) electrons. The van der Waals surface area contributed by atoms with Crippen molar-refractivity contribution in [1.29, 1.82) is 0 Å². The molecule has 1 fully saturated rings. The highest BCUT2D eigenvalue weighted by atomic mass is 35.5. The van der Waals surface area contributed by atoms with Crippen molar-refractivity contribution >= 4 is 17.3 Å². The molecule has 2 aromatic rings. The number of benzene rings is 1. The SMILES string of the molecule is O=c1n(CN2CCN(c3cccc(Cl)c3)CC2)nc2n1CCCCC2. The summed E-state index contributed by atoms with van der Waals surface area (Å²) >= 11 is 6.09. The Bertz CT molecular complexity index is 791. The number of halogens is 1. The van der Waals surface area contributed by atoms with Gasteiger partial charge in [-0.25, -0.2) is 4.79 Å². The van der Waals surface area contributed by atoms with Crippen LogP contribution >= 0.6 is 11.6 Å². The molecule has 1 aromatic carbocycles. The summed E-state index contributed by atoms with van der Waals surface area (Å²) in [6.07, 6.45) is 4.32. The van der Waals surface area contributed by atoms with Gasteiger partial charge in [-0.3, -0.25) is 9.47 Å². The first-order valence-electron chi connectivity index (χ1n) is 9.10. The van der Waals surface area contributed by atoms with Gasteiger partial charge in [-0.15, -0.1) is 0 Å². The molecule has 25 heavy (non-hydrogen) atoms. The number of anilines is 1. The summed E-state index contributed by atoms with van der Waals surface area (Å²) in [5.41, 5.74) is 1.21. The van der Waals surface area contributed by atoms with Crippen molar-refractivity contribution in [2.45, 2.75) is 38.9 Å². The van der Waals surface area contributed by atoms with Crippen molar-refractivity contribution in [3.05, 3.63) is 45.6 Å². The Labute approximate surface area is 152 Å². The van der Waals surface area contributed by atoms with Crippen LogP contribution in [0.1, 0.15) is 25.1 Å². The van der Waals surface area contributed by atoms with Crippen molar-refractivity contribution in [2.75, 3.05) is 31.1 Å². The van der Waals surface area contributed by atoms with Crippen LogP contribution in [0.2, 0.25) is 5.02 Å². The lowest BCUT2D eigenvalue weighted by molar-refractivity contribution is 0.192. The molecule has 2 aliphatic rings. The number of fused-ring (bicyclic) bond motifs is 1. The van der Waals surface area contributed by atoms with Gasteiger partial charge in [0.1, 0.15) is 5.82 Å². The Morgan fingerprint density at radius 1 is 1.04 bits per heavy atom. The largest absolute Gasteiger partial charge is 0.369 e. The summed E-state index contributed by atoms with van der Waals surface area (Å²) in [6.45, 7) is 5.10. The number of hydrogen-bond donors (Lipinski definition) is 0. The van der Waals surface area contributed by atoms with Crippen LogP contribution in [0.3, 0.4) is 0 Å². The van der Waals surface area contributed by atoms with Crippen molar-refractivity contribution in [2.24, 2.45) is 0 Å². The van der Waals surface area contributed by atoms with Crippen LogP contribution in [0.5, 0.6) is 0 Å². The monoisotopic (exact) mass is 361 g/mol. The van der Waals surface area contributed by atoms with Crippen molar-refractivity contribution in [3.8, 4) is 0 Å². The lowest BCUT2D eigenvalue weighted by Gasteiger charge is -2.35. The molecule has 0 N–H and O–H groups in total. The number of rotatable bonds is 3. The van der Waals surface area contributed by atoms with E-state index in [-0.39, 0.29) is 5.69 Å². The predicted octanol–water partition coefficient (Wildman–Crippen LogP) is 2.20. The topological polar surface area (TPSA) is 46.3 Å². The molecule has 0 saturated carbocycles. The van der Waals surface area contributed by atoms with Gasteiger partial charge >= 0.3 is 5.69 Å². The maximum absolute atomic E-state index is 12.6. The van der Waals surface area contributed by atoms with Gasteiger partial charge in [0.15, 0.2) is 0 Å². The fraction of sp³-hybridized carbons (Fsp3) is 0.556. The van der Waals surface area contributed by atoms with Crippen LogP contribution in [-0.4, -0.2) is 45.4 Å². The minimum Gasteiger partial charge on any atom is -0.369 e. The van der Waals surface area contributed by atoms with Gasteiger partial charge < -0.3 is 4.90 Å². The molecule has 1 aromatic heterocycles. The van der Waals surface area contributed by atoms with Gasteiger partial charge in [0, 0.05) is 49.9 Å². The maximum Gasteiger partial charge on any atom is 0.347 e. The second-order valence-electron chi connectivity index (χ2n) is 6.89. The van der Waals surface area contributed by atoms with Crippen LogP contribution in [0.15, 0.2) is 29.1 Å². The molecule has 2 aliphatic heterocycles. The first-order chi connectivity index (χ1) is 12.2. The summed E-state index contributed by atoms with van der Waals surface area (Å²) in [5.74, 6) is 0.958. The predicted molar refractivity (Wildman–Crippen MR) is 99.3 cm³/mol. The van der Waals surface area contributed by atoms with E-state index in [9.17, 15) is 4.79 Å². The zero-order chi connectivity index (χ0) is 17.2. The van der Waals surface area contributed by atoms with Crippen molar-refractivity contribution in [3.63, 3.8) is 0 Å². The zero-order valence-corrected chi connectivity index (χ0v) is 15.2. The fourth-order valence-electron chi connectivity index (χ4n) is 3.73. The van der Waals surface area contributed by atoms with E-state index in [0.29, 0.717) is 6.67 Å². The highest BCUT2D eigenvalue weighted by Crippen LogP contribution is 2.20.